The van der Waals surface area contributed by atoms with Gasteiger partial charge in [0.25, 0.3) is 0 Å². The van der Waals surface area contributed by atoms with Gasteiger partial charge in [-0.3, -0.25) is 0 Å². The smallest absolute Gasteiger partial charge is 0.0908 e. The Hall–Kier alpha value is -0.860. The second kappa shape index (κ2) is 7.80. The van der Waals surface area contributed by atoms with Crippen LogP contribution in [0.3, 0.4) is 0 Å². The van der Waals surface area contributed by atoms with Crippen molar-refractivity contribution in [3.05, 3.63) is 35.9 Å². The third-order valence-corrected chi connectivity index (χ3v) is 4.55. The van der Waals surface area contributed by atoms with Crippen molar-refractivity contribution in [3.8, 4) is 0 Å². The molecule has 1 N–H and O–H groups in total. The maximum absolute atomic E-state index is 11.1. The van der Waals surface area contributed by atoms with Crippen LogP contribution in [0.15, 0.2) is 30.3 Å². The fourth-order valence-corrected chi connectivity index (χ4v) is 3.16. The molecule has 0 spiro atoms. The highest BCUT2D eigenvalue weighted by Crippen LogP contribution is 2.31. The number of piperidine rings is 1. The topological polar surface area (TPSA) is 23.5 Å². The summed E-state index contributed by atoms with van der Waals surface area (Å²) in [4.78, 5) is 2.52. The van der Waals surface area contributed by atoms with Crippen molar-refractivity contribution in [1.29, 1.82) is 0 Å². The van der Waals surface area contributed by atoms with Crippen LogP contribution < -0.4 is 0 Å². The highest BCUT2D eigenvalue weighted by molar-refractivity contribution is 5.22. The molecule has 20 heavy (non-hydrogen) atoms. The van der Waals surface area contributed by atoms with Crippen LogP contribution in [-0.4, -0.2) is 29.6 Å². The highest BCUT2D eigenvalue weighted by Gasteiger charge is 2.29. The predicted octanol–water partition coefficient (Wildman–Crippen LogP) is 3.94. The summed E-state index contributed by atoms with van der Waals surface area (Å²) in [6.45, 7) is 5.63. The summed E-state index contributed by atoms with van der Waals surface area (Å²) in [5.74, 6) is 0. The fourth-order valence-electron chi connectivity index (χ4n) is 3.16. The van der Waals surface area contributed by atoms with Gasteiger partial charge >= 0.3 is 0 Å². The Labute approximate surface area is 123 Å². The van der Waals surface area contributed by atoms with Gasteiger partial charge in [-0.15, -0.1) is 0 Å². The molecule has 1 atom stereocenters. The average molecular weight is 275 g/mol. The summed E-state index contributed by atoms with van der Waals surface area (Å²) in [7, 11) is 0. The second-order valence-electron chi connectivity index (χ2n) is 6.15. The second-order valence-corrected chi connectivity index (χ2v) is 6.15. The summed E-state index contributed by atoms with van der Waals surface area (Å²) in [6.07, 6.45) is 7.97. The molecule has 0 amide bonds. The van der Waals surface area contributed by atoms with E-state index < -0.39 is 5.60 Å². The van der Waals surface area contributed by atoms with Crippen molar-refractivity contribution in [2.45, 2.75) is 57.5 Å². The van der Waals surface area contributed by atoms with Crippen molar-refractivity contribution in [2.75, 3.05) is 19.6 Å². The minimum atomic E-state index is -0.644. The van der Waals surface area contributed by atoms with E-state index in [1.54, 1.807) is 0 Å². The van der Waals surface area contributed by atoms with Crippen molar-refractivity contribution < 1.29 is 5.11 Å². The summed E-state index contributed by atoms with van der Waals surface area (Å²) >= 11 is 0. The molecule has 2 heteroatoms. The highest BCUT2D eigenvalue weighted by atomic mass is 16.3. The maximum Gasteiger partial charge on any atom is 0.0908 e. The fraction of sp³-hybridized carbons (Fsp3) is 0.667. The first kappa shape index (κ1) is 15.5. The van der Waals surface area contributed by atoms with E-state index in [9.17, 15) is 5.11 Å². The zero-order chi connectivity index (χ0) is 14.3. The molecule has 1 heterocycles. The van der Waals surface area contributed by atoms with E-state index in [-0.39, 0.29) is 0 Å². The number of benzene rings is 1. The molecule has 1 aliphatic heterocycles. The molecule has 0 radical (unpaired) electrons. The lowest BCUT2D eigenvalue weighted by Gasteiger charge is -2.33. The summed E-state index contributed by atoms with van der Waals surface area (Å²) in [5.41, 5.74) is 0.444. The molecule has 0 aliphatic carbocycles. The first-order chi connectivity index (χ1) is 9.74. The predicted molar refractivity (Wildman–Crippen MR) is 84.8 cm³/mol. The Morgan fingerprint density at radius 3 is 2.40 bits per heavy atom. The van der Waals surface area contributed by atoms with Crippen LogP contribution in [0.25, 0.3) is 0 Å². The molecule has 1 aromatic rings. The SMILES string of the molecule is CCCCC(O)(CCN1CCCCC1)c1ccccc1. The van der Waals surface area contributed by atoms with Crippen LogP contribution in [0, 0.1) is 0 Å². The van der Waals surface area contributed by atoms with E-state index in [0.29, 0.717) is 0 Å². The molecular formula is C18H29NO. The molecule has 1 aromatic carbocycles. The Balaban J connectivity index is 1.98. The van der Waals surface area contributed by atoms with Crippen LogP contribution in [0.5, 0.6) is 0 Å². The molecule has 112 valence electrons. The van der Waals surface area contributed by atoms with Crippen LogP contribution in [0.2, 0.25) is 0 Å². The lowest BCUT2D eigenvalue weighted by molar-refractivity contribution is 0.00518. The van der Waals surface area contributed by atoms with Gasteiger partial charge in [-0.1, -0.05) is 56.5 Å². The molecule has 0 bridgehead atoms. The molecular weight excluding hydrogens is 246 g/mol. The van der Waals surface area contributed by atoms with Crippen LogP contribution in [0.4, 0.5) is 0 Å². The van der Waals surface area contributed by atoms with Gasteiger partial charge in [-0.25, -0.2) is 0 Å². The Morgan fingerprint density at radius 2 is 1.75 bits per heavy atom. The summed E-state index contributed by atoms with van der Waals surface area (Å²) in [5, 5.41) is 11.1. The largest absolute Gasteiger partial charge is 0.385 e. The lowest BCUT2D eigenvalue weighted by Crippen LogP contribution is -2.36. The molecule has 0 aromatic heterocycles. The minimum Gasteiger partial charge on any atom is -0.385 e. The number of likely N-dealkylation sites (tertiary alicyclic amines) is 1. The average Bonchev–Trinajstić information content (AvgIpc) is 2.53. The number of hydrogen-bond acceptors (Lipinski definition) is 2. The Bertz CT molecular complexity index is 372. The number of rotatable bonds is 7. The molecule has 1 unspecified atom stereocenters. The number of nitrogens with zero attached hydrogens (tertiary/aromatic N) is 1. The van der Waals surface area contributed by atoms with Crippen molar-refractivity contribution in [1.82, 2.24) is 4.90 Å². The van der Waals surface area contributed by atoms with Gasteiger partial charge in [0.1, 0.15) is 0 Å². The number of hydrogen-bond donors (Lipinski definition) is 1. The minimum absolute atomic E-state index is 0.644. The van der Waals surface area contributed by atoms with Gasteiger partial charge in [0.05, 0.1) is 5.60 Å². The van der Waals surface area contributed by atoms with Gasteiger partial charge in [-0.2, -0.15) is 0 Å². The molecule has 2 nitrogen and oxygen atoms in total. The van der Waals surface area contributed by atoms with E-state index in [4.69, 9.17) is 0 Å². The molecule has 2 rings (SSSR count). The third kappa shape index (κ3) is 4.32. The molecule has 1 aliphatic rings. The Morgan fingerprint density at radius 1 is 1.05 bits per heavy atom. The van der Waals surface area contributed by atoms with Crippen molar-refractivity contribution in [3.63, 3.8) is 0 Å². The standard InChI is InChI=1S/C18H29NO/c1-2-3-12-18(20,17-10-6-4-7-11-17)13-16-19-14-8-5-9-15-19/h4,6-7,10-11,20H,2-3,5,8-9,12-16H2,1H3. The lowest BCUT2D eigenvalue weighted by atomic mass is 9.85. The molecule has 1 fully saturated rings. The summed E-state index contributed by atoms with van der Waals surface area (Å²) in [6, 6.07) is 10.2. The third-order valence-electron chi connectivity index (χ3n) is 4.55. The van der Waals surface area contributed by atoms with E-state index in [1.165, 1.54) is 32.4 Å². The molecule has 1 saturated heterocycles. The van der Waals surface area contributed by atoms with Gasteiger partial charge < -0.3 is 10.0 Å². The Kier molecular flexibility index (Phi) is 6.06. The van der Waals surface area contributed by atoms with E-state index in [2.05, 4.69) is 24.0 Å². The van der Waals surface area contributed by atoms with Crippen LogP contribution >= 0.6 is 0 Å². The van der Waals surface area contributed by atoms with Crippen molar-refractivity contribution in [2.24, 2.45) is 0 Å². The van der Waals surface area contributed by atoms with Gasteiger partial charge in [0.15, 0.2) is 0 Å². The van der Waals surface area contributed by atoms with Crippen LogP contribution in [-0.2, 0) is 5.60 Å². The number of unbranched alkanes of at least 4 members (excludes halogenated alkanes) is 1. The van der Waals surface area contributed by atoms with Gasteiger partial charge in [0, 0.05) is 6.54 Å². The first-order valence-electron chi connectivity index (χ1n) is 8.25. The zero-order valence-electron chi connectivity index (χ0n) is 12.9. The van der Waals surface area contributed by atoms with Crippen LogP contribution in [0.1, 0.15) is 57.4 Å². The first-order valence-corrected chi connectivity index (χ1v) is 8.25. The van der Waals surface area contributed by atoms with Gasteiger partial charge in [0.2, 0.25) is 0 Å². The maximum atomic E-state index is 11.1. The normalized spacial score (nSPS) is 19.7. The van der Waals surface area contributed by atoms with Gasteiger partial charge in [-0.05, 0) is 44.3 Å². The monoisotopic (exact) mass is 275 g/mol. The zero-order valence-corrected chi connectivity index (χ0v) is 12.9. The molecule has 0 saturated carbocycles. The number of aliphatic hydroxyl groups is 1. The van der Waals surface area contributed by atoms with E-state index in [1.807, 2.05) is 18.2 Å². The van der Waals surface area contributed by atoms with E-state index >= 15 is 0 Å². The van der Waals surface area contributed by atoms with E-state index in [0.717, 1.165) is 37.8 Å². The quantitative estimate of drug-likeness (QED) is 0.814. The van der Waals surface area contributed by atoms with Crippen molar-refractivity contribution >= 4 is 0 Å². The summed E-state index contributed by atoms with van der Waals surface area (Å²) < 4.78 is 0.